The molecule has 5 rings (SSSR count). The van der Waals surface area contributed by atoms with E-state index in [0.717, 1.165) is 19.1 Å². The Kier molecular flexibility index (Phi) is 3.02. The topological polar surface area (TPSA) is 39.1 Å². The van der Waals surface area contributed by atoms with Gasteiger partial charge in [-0.05, 0) is 43.0 Å². The molecular formula is C19H23N3O. The molecule has 3 fully saturated rings. The predicted octanol–water partition coefficient (Wildman–Crippen LogP) is 3.30. The largest absolute Gasteiger partial charge is 0.381 e. The lowest BCUT2D eigenvalue weighted by Gasteiger charge is -2.63. The summed E-state index contributed by atoms with van der Waals surface area (Å²) in [6.45, 7) is 1.79. The number of anilines is 1. The lowest BCUT2D eigenvalue weighted by atomic mass is 9.46. The minimum Gasteiger partial charge on any atom is -0.381 e. The van der Waals surface area contributed by atoms with Crippen LogP contribution < -0.4 is 5.32 Å². The first kappa shape index (κ1) is 13.6. The predicted molar refractivity (Wildman–Crippen MR) is 89.3 cm³/mol. The third-order valence-corrected chi connectivity index (χ3v) is 6.22. The maximum absolute atomic E-state index is 6.01. The van der Waals surface area contributed by atoms with Crippen molar-refractivity contribution in [2.75, 3.05) is 11.9 Å². The van der Waals surface area contributed by atoms with E-state index in [1.165, 1.54) is 36.9 Å². The van der Waals surface area contributed by atoms with Gasteiger partial charge in [-0.1, -0.05) is 18.6 Å². The maximum atomic E-state index is 6.01. The van der Waals surface area contributed by atoms with Gasteiger partial charge >= 0.3 is 0 Å². The van der Waals surface area contributed by atoms with E-state index in [-0.39, 0.29) is 0 Å². The second kappa shape index (κ2) is 5.10. The highest BCUT2D eigenvalue weighted by atomic mass is 16.5. The molecule has 2 saturated carbocycles. The van der Waals surface area contributed by atoms with E-state index in [1.807, 2.05) is 23.1 Å². The van der Waals surface area contributed by atoms with E-state index in [2.05, 4.69) is 34.7 Å². The molecule has 0 radical (unpaired) electrons. The van der Waals surface area contributed by atoms with Crippen molar-refractivity contribution < 1.29 is 4.74 Å². The Hall–Kier alpha value is -1.81. The van der Waals surface area contributed by atoms with E-state index < -0.39 is 0 Å². The van der Waals surface area contributed by atoms with Gasteiger partial charge in [-0.2, -0.15) is 5.10 Å². The van der Waals surface area contributed by atoms with Gasteiger partial charge in [0.05, 0.1) is 12.6 Å². The maximum Gasteiger partial charge on any atom is 0.0699 e. The van der Waals surface area contributed by atoms with Crippen LogP contribution in [-0.2, 0) is 11.3 Å². The van der Waals surface area contributed by atoms with Crippen molar-refractivity contribution in [3.63, 3.8) is 0 Å². The van der Waals surface area contributed by atoms with E-state index in [9.17, 15) is 0 Å². The molecule has 0 unspecified atom stereocenters. The molecule has 1 aromatic heterocycles. The molecule has 4 nitrogen and oxygen atoms in total. The Labute approximate surface area is 136 Å². The van der Waals surface area contributed by atoms with Crippen molar-refractivity contribution in [2.24, 2.45) is 11.3 Å². The Bertz CT molecular complexity index is 675. The number of ether oxygens (including phenoxy) is 1. The lowest BCUT2D eigenvalue weighted by molar-refractivity contribution is -0.158. The van der Waals surface area contributed by atoms with Crippen molar-refractivity contribution in [1.29, 1.82) is 0 Å². The van der Waals surface area contributed by atoms with Crippen molar-refractivity contribution in [3.8, 4) is 0 Å². The van der Waals surface area contributed by atoms with Crippen LogP contribution in [0.25, 0.3) is 0 Å². The number of hydrogen-bond donors (Lipinski definition) is 1. The van der Waals surface area contributed by atoms with Gasteiger partial charge in [-0.15, -0.1) is 0 Å². The molecule has 23 heavy (non-hydrogen) atoms. The first-order valence-corrected chi connectivity index (χ1v) is 8.80. The molecule has 0 bridgehead atoms. The molecular weight excluding hydrogens is 286 g/mol. The van der Waals surface area contributed by atoms with Crippen molar-refractivity contribution in [3.05, 3.63) is 48.3 Å². The fourth-order valence-corrected chi connectivity index (χ4v) is 4.92. The highest BCUT2D eigenvalue weighted by Gasteiger charge is 2.66. The van der Waals surface area contributed by atoms with E-state index in [1.54, 1.807) is 0 Å². The number of fused-ring (bicyclic) bond motifs is 2. The van der Waals surface area contributed by atoms with Crippen LogP contribution in [-0.4, -0.2) is 28.5 Å². The average molecular weight is 309 g/mol. The number of rotatable bonds is 4. The highest BCUT2D eigenvalue weighted by Crippen LogP contribution is 2.63. The van der Waals surface area contributed by atoms with Gasteiger partial charge in [0.2, 0.25) is 0 Å². The molecule has 1 aromatic carbocycles. The second-order valence-electron chi connectivity index (χ2n) is 7.35. The Balaban J connectivity index is 1.29. The fraction of sp³-hybridized carbons (Fsp3) is 0.526. The molecule has 1 saturated heterocycles. The fourth-order valence-electron chi connectivity index (χ4n) is 4.92. The normalized spacial score (nSPS) is 30.5. The molecule has 1 spiro atoms. The third-order valence-electron chi connectivity index (χ3n) is 6.22. The number of aromatic nitrogens is 2. The first-order chi connectivity index (χ1) is 11.4. The van der Waals surface area contributed by atoms with Gasteiger partial charge in [-0.25, -0.2) is 0 Å². The molecule has 2 heterocycles. The molecule has 3 aliphatic rings. The van der Waals surface area contributed by atoms with Gasteiger partial charge in [0.25, 0.3) is 0 Å². The number of nitrogens with one attached hydrogen (secondary N) is 1. The minimum absolute atomic E-state index is 0.439. The first-order valence-electron chi connectivity index (χ1n) is 8.80. The van der Waals surface area contributed by atoms with Crippen LogP contribution in [0.3, 0.4) is 0 Å². The average Bonchev–Trinajstić information content (AvgIpc) is 3.16. The molecule has 120 valence electrons. The standard InChI is InChI=1S/C19H23N3O/c1-8-19(9-1)17(16-7-12-23-18(16)19)21-15-5-3-14(4-6-15)13-22-11-2-10-20-22/h2-6,10-11,16-18,21H,1,7-9,12-13H2/t16-,17-,18-/m1/s1. The van der Waals surface area contributed by atoms with Gasteiger partial charge < -0.3 is 10.1 Å². The smallest absolute Gasteiger partial charge is 0.0699 e. The zero-order valence-corrected chi connectivity index (χ0v) is 13.3. The van der Waals surface area contributed by atoms with Crippen molar-refractivity contribution >= 4 is 5.69 Å². The summed E-state index contributed by atoms with van der Waals surface area (Å²) in [5, 5.41) is 8.09. The summed E-state index contributed by atoms with van der Waals surface area (Å²) in [5.74, 6) is 0.721. The van der Waals surface area contributed by atoms with E-state index >= 15 is 0 Å². The SMILES string of the molecule is c1cnn(Cc2ccc(N[C@@H]3[C@H]4CCO[C@H]4C34CCC4)cc2)c1. The summed E-state index contributed by atoms with van der Waals surface area (Å²) in [6, 6.07) is 11.4. The van der Waals surface area contributed by atoms with Gasteiger partial charge in [0, 0.05) is 42.1 Å². The van der Waals surface area contributed by atoms with Crippen molar-refractivity contribution in [2.45, 2.75) is 44.4 Å². The summed E-state index contributed by atoms with van der Waals surface area (Å²) in [5.41, 5.74) is 2.97. The van der Waals surface area contributed by atoms with Crippen LogP contribution in [0.1, 0.15) is 31.2 Å². The van der Waals surface area contributed by atoms with E-state index in [0.29, 0.717) is 17.6 Å². The zero-order chi connectivity index (χ0) is 15.3. The van der Waals surface area contributed by atoms with Gasteiger partial charge in [0.1, 0.15) is 0 Å². The summed E-state index contributed by atoms with van der Waals surface area (Å²) in [4.78, 5) is 0. The highest BCUT2D eigenvalue weighted by molar-refractivity contribution is 5.48. The van der Waals surface area contributed by atoms with Crippen LogP contribution in [0, 0.1) is 11.3 Å². The molecule has 4 heteroatoms. The third kappa shape index (κ3) is 2.04. The zero-order valence-electron chi connectivity index (χ0n) is 13.3. The van der Waals surface area contributed by atoms with Crippen LogP contribution >= 0.6 is 0 Å². The molecule has 0 amide bonds. The Morgan fingerprint density at radius 1 is 1.26 bits per heavy atom. The van der Waals surface area contributed by atoms with Gasteiger partial charge in [0.15, 0.2) is 0 Å². The second-order valence-corrected chi connectivity index (χ2v) is 7.35. The van der Waals surface area contributed by atoms with Crippen LogP contribution in [0.5, 0.6) is 0 Å². The van der Waals surface area contributed by atoms with Crippen LogP contribution in [0.15, 0.2) is 42.7 Å². The summed E-state index contributed by atoms with van der Waals surface area (Å²) in [7, 11) is 0. The quantitative estimate of drug-likeness (QED) is 0.942. The summed E-state index contributed by atoms with van der Waals surface area (Å²) < 4.78 is 7.96. The summed E-state index contributed by atoms with van der Waals surface area (Å²) >= 11 is 0. The van der Waals surface area contributed by atoms with Gasteiger partial charge in [-0.3, -0.25) is 4.68 Å². The molecule has 3 atom stereocenters. The molecule has 1 aliphatic heterocycles. The van der Waals surface area contributed by atoms with Crippen LogP contribution in [0.2, 0.25) is 0 Å². The lowest BCUT2D eigenvalue weighted by Crippen LogP contribution is -2.68. The van der Waals surface area contributed by atoms with Crippen LogP contribution in [0.4, 0.5) is 5.69 Å². The molecule has 2 aliphatic carbocycles. The molecule has 2 aromatic rings. The monoisotopic (exact) mass is 309 g/mol. The summed E-state index contributed by atoms with van der Waals surface area (Å²) in [6.07, 6.45) is 9.63. The number of hydrogen-bond acceptors (Lipinski definition) is 3. The Morgan fingerprint density at radius 2 is 2.13 bits per heavy atom. The Morgan fingerprint density at radius 3 is 2.83 bits per heavy atom. The van der Waals surface area contributed by atoms with Crippen molar-refractivity contribution in [1.82, 2.24) is 9.78 Å². The molecule has 1 N–H and O–H groups in total. The minimum atomic E-state index is 0.439. The number of benzene rings is 1. The van der Waals surface area contributed by atoms with E-state index in [4.69, 9.17) is 4.74 Å². The number of nitrogens with zero attached hydrogens (tertiary/aromatic N) is 2.